The van der Waals surface area contributed by atoms with E-state index in [1.807, 2.05) is 25.1 Å². The molecule has 0 aliphatic carbocycles. The Morgan fingerprint density at radius 1 is 1.50 bits per heavy atom. The van der Waals surface area contributed by atoms with Crippen LogP contribution >= 0.6 is 0 Å². The number of hydrogen-bond donors (Lipinski definition) is 2. The van der Waals surface area contributed by atoms with E-state index in [1.165, 1.54) is 6.20 Å². The average Bonchev–Trinajstić information content (AvgIpc) is 2.35. The van der Waals surface area contributed by atoms with E-state index in [0.29, 0.717) is 16.6 Å². The number of fused-ring (bicyclic) bond motifs is 1. The normalized spacial score (nSPS) is 10.6. The molecule has 2 aromatic rings. The molecule has 0 aliphatic heterocycles. The number of aliphatic hydroxyl groups is 1. The zero-order chi connectivity index (χ0) is 13.1. The van der Waals surface area contributed by atoms with Gasteiger partial charge in [-0.3, -0.25) is 10.1 Å². The summed E-state index contributed by atoms with van der Waals surface area (Å²) >= 11 is 0. The molecule has 0 atom stereocenters. The minimum atomic E-state index is -0.478. The van der Waals surface area contributed by atoms with Crippen molar-refractivity contribution >= 4 is 22.3 Å². The summed E-state index contributed by atoms with van der Waals surface area (Å²) in [6.45, 7) is 2.08. The summed E-state index contributed by atoms with van der Waals surface area (Å²) < 4.78 is 0. The molecule has 0 spiro atoms. The van der Waals surface area contributed by atoms with Crippen LogP contribution in [0.25, 0.3) is 10.9 Å². The second-order valence-electron chi connectivity index (χ2n) is 3.95. The van der Waals surface area contributed by atoms with Crippen molar-refractivity contribution in [2.75, 3.05) is 18.5 Å². The lowest BCUT2D eigenvalue weighted by Crippen LogP contribution is -2.08. The first-order chi connectivity index (χ1) is 8.63. The first-order valence-electron chi connectivity index (χ1n) is 5.52. The third kappa shape index (κ3) is 2.23. The number of rotatable bonds is 4. The minimum absolute atomic E-state index is 0.0819. The molecule has 0 bridgehead atoms. The standard InChI is InChI=1S/C12H13N3O3/c1-8-2-3-10-9(6-8)12(13-4-5-16)11(7-14-10)15(17)18/h2-3,6-7,16H,4-5H2,1H3,(H,13,14). The molecule has 0 aliphatic rings. The van der Waals surface area contributed by atoms with Crippen molar-refractivity contribution in [2.24, 2.45) is 0 Å². The Balaban J connectivity index is 2.66. The largest absolute Gasteiger partial charge is 0.395 e. The van der Waals surface area contributed by atoms with Crippen LogP contribution in [0.5, 0.6) is 0 Å². The molecule has 0 saturated carbocycles. The summed E-state index contributed by atoms with van der Waals surface area (Å²) in [5.74, 6) is 0. The average molecular weight is 247 g/mol. The molecular weight excluding hydrogens is 234 g/mol. The molecule has 0 radical (unpaired) electrons. The molecule has 18 heavy (non-hydrogen) atoms. The van der Waals surface area contributed by atoms with E-state index < -0.39 is 4.92 Å². The van der Waals surface area contributed by atoms with E-state index in [2.05, 4.69) is 10.3 Å². The molecule has 0 unspecified atom stereocenters. The van der Waals surface area contributed by atoms with Gasteiger partial charge in [-0.25, -0.2) is 4.98 Å². The van der Waals surface area contributed by atoms with E-state index in [4.69, 9.17) is 5.11 Å². The highest BCUT2D eigenvalue weighted by Crippen LogP contribution is 2.31. The molecule has 1 aromatic carbocycles. The molecule has 94 valence electrons. The Bertz CT molecular complexity index is 598. The second kappa shape index (κ2) is 4.97. The third-order valence-corrected chi connectivity index (χ3v) is 2.61. The third-order valence-electron chi connectivity index (χ3n) is 2.61. The van der Waals surface area contributed by atoms with Crippen molar-refractivity contribution < 1.29 is 10.0 Å². The Kier molecular flexibility index (Phi) is 3.38. The van der Waals surface area contributed by atoms with Gasteiger partial charge in [0.2, 0.25) is 0 Å². The summed E-state index contributed by atoms with van der Waals surface area (Å²) in [5.41, 5.74) is 2.01. The van der Waals surface area contributed by atoms with Crippen molar-refractivity contribution in [3.05, 3.63) is 40.1 Å². The van der Waals surface area contributed by atoms with E-state index in [-0.39, 0.29) is 18.8 Å². The van der Waals surface area contributed by atoms with Crippen molar-refractivity contribution in [3.63, 3.8) is 0 Å². The zero-order valence-electron chi connectivity index (χ0n) is 9.88. The van der Waals surface area contributed by atoms with Crippen LogP contribution in [0.15, 0.2) is 24.4 Å². The predicted octanol–water partition coefficient (Wildman–Crippen LogP) is 1.86. The monoisotopic (exact) mass is 247 g/mol. The summed E-state index contributed by atoms with van der Waals surface area (Å²) in [7, 11) is 0. The molecule has 0 saturated heterocycles. The van der Waals surface area contributed by atoms with Crippen molar-refractivity contribution in [3.8, 4) is 0 Å². The van der Waals surface area contributed by atoms with E-state index >= 15 is 0 Å². The molecule has 6 heteroatoms. The van der Waals surface area contributed by atoms with Crippen LogP contribution < -0.4 is 5.32 Å². The summed E-state index contributed by atoms with van der Waals surface area (Å²) in [6.07, 6.45) is 1.23. The van der Waals surface area contributed by atoms with Crippen LogP contribution in [-0.4, -0.2) is 28.2 Å². The molecule has 2 N–H and O–H groups in total. The van der Waals surface area contributed by atoms with Gasteiger partial charge in [0.1, 0.15) is 11.9 Å². The van der Waals surface area contributed by atoms with Gasteiger partial charge < -0.3 is 10.4 Å². The first-order valence-corrected chi connectivity index (χ1v) is 5.52. The Labute approximate surface area is 103 Å². The van der Waals surface area contributed by atoms with Gasteiger partial charge in [-0.2, -0.15) is 0 Å². The molecular formula is C12H13N3O3. The number of nitrogens with one attached hydrogen (secondary N) is 1. The fraction of sp³-hybridized carbons (Fsp3) is 0.250. The van der Waals surface area contributed by atoms with Crippen molar-refractivity contribution in [1.82, 2.24) is 4.98 Å². The molecule has 2 rings (SSSR count). The lowest BCUT2D eigenvalue weighted by molar-refractivity contribution is -0.384. The Morgan fingerprint density at radius 3 is 2.94 bits per heavy atom. The molecule has 0 amide bonds. The first kappa shape index (κ1) is 12.3. The van der Waals surface area contributed by atoms with E-state index in [0.717, 1.165) is 5.56 Å². The highest BCUT2D eigenvalue weighted by molar-refractivity contribution is 5.96. The molecule has 1 aromatic heterocycles. The lowest BCUT2D eigenvalue weighted by Gasteiger charge is -2.09. The SMILES string of the molecule is Cc1ccc2ncc([N+](=O)[O-])c(NCCO)c2c1. The van der Waals surface area contributed by atoms with Gasteiger partial charge in [0.15, 0.2) is 0 Å². The number of aryl methyl sites for hydroxylation is 1. The number of hydrogen-bond acceptors (Lipinski definition) is 5. The minimum Gasteiger partial charge on any atom is -0.395 e. The number of nitrogens with zero attached hydrogens (tertiary/aromatic N) is 2. The second-order valence-corrected chi connectivity index (χ2v) is 3.95. The van der Waals surface area contributed by atoms with Crippen LogP contribution in [0.3, 0.4) is 0 Å². The van der Waals surface area contributed by atoms with Gasteiger partial charge in [-0.05, 0) is 19.1 Å². The number of aromatic nitrogens is 1. The van der Waals surface area contributed by atoms with Crippen molar-refractivity contribution in [2.45, 2.75) is 6.92 Å². The van der Waals surface area contributed by atoms with Gasteiger partial charge in [-0.1, -0.05) is 11.6 Å². The lowest BCUT2D eigenvalue weighted by atomic mass is 10.1. The zero-order valence-corrected chi connectivity index (χ0v) is 9.88. The van der Waals surface area contributed by atoms with Gasteiger partial charge in [-0.15, -0.1) is 0 Å². The Morgan fingerprint density at radius 2 is 2.28 bits per heavy atom. The summed E-state index contributed by atoms with van der Waals surface area (Å²) in [5, 5.41) is 23.4. The highest BCUT2D eigenvalue weighted by Gasteiger charge is 2.17. The molecule has 1 heterocycles. The van der Waals surface area contributed by atoms with Crippen LogP contribution in [0, 0.1) is 17.0 Å². The number of anilines is 1. The fourth-order valence-corrected chi connectivity index (χ4v) is 1.80. The number of pyridine rings is 1. The maximum atomic E-state index is 11.0. The van der Waals surface area contributed by atoms with E-state index in [9.17, 15) is 10.1 Å². The predicted molar refractivity (Wildman–Crippen MR) is 68.7 cm³/mol. The van der Waals surface area contributed by atoms with Crippen LogP contribution in [0.2, 0.25) is 0 Å². The fourth-order valence-electron chi connectivity index (χ4n) is 1.80. The van der Waals surface area contributed by atoms with Crippen LogP contribution in [0.4, 0.5) is 11.4 Å². The quantitative estimate of drug-likeness (QED) is 0.636. The van der Waals surface area contributed by atoms with Gasteiger partial charge in [0.05, 0.1) is 17.0 Å². The number of aliphatic hydroxyl groups excluding tert-OH is 1. The topological polar surface area (TPSA) is 88.3 Å². The highest BCUT2D eigenvalue weighted by atomic mass is 16.6. The summed E-state index contributed by atoms with van der Waals surface area (Å²) in [6, 6.07) is 5.56. The van der Waals surface area contributed by atoms with Crippen molar-refractivity contribution in [1.29, 1.82) is 0 Å². The van der Waals surface area contributed by atoms with E-state index in [1.54, 1.807) is 0 Å². The number of nitro groups is 1. The van der Waals surface area contributed by atoms with Gasteiger partial charge >= 0.3 is 5.69 Å². The molecule has 0 fully saturated rings. The Hall–Kier alpha value is -2.21. The van der Waals surface area contributed by atoms with Gasteiger partial charge in [0, 0.05) is 11.9 Å². The van der Waals surface area contributed by atoms with Crippen LogP contribution in [-0.2, 0) is 0 Å². The van der Waals surface area contributed by atoms with Gasteiger partial charge in [0.25, 0.3) is 0 Å². The smallest absolute Gasteiger partial charge is 0.311 e. The maximum Gasteiger partial charge on any atom is 0.311 e. The summed E-state index contributed by atoms with van der Waals surface area (Å²) in [4.78, 5) is 14.6. The maximum absolute atomic E-state index is 11.0. The number of benzene rings is 1. The molecule has 6 nitrogen and oxygen atoms in total. The van der Waals surface area contributed by atoms with Crippen LogP contribution in [0.1, 0.15) is 5.56 Å².